The van der Waals surface area contributed by atoms with Gasteiger partial charge in [-0.05, 0) is 68.6 Å². The molecular weight excluding hydrogens is 448 g/mol. The van der Waals surface area contributed by atoms with Crippen LogP contribution in [0, 0.1) is 11.8 Å². The summed E-state index contributed by atoms with van der Waals surface area (Å²) in [6, 6.07) is 4.04. The van der Waals surface area contributed by atoms with Gasteiger partial charge < -0.3 is 16.0 Å². The molecule has 2 fully saturated rings. The van der Waals surface area contributed by atoms with E-state index >= 15 is 0 Å². The van der Waals surface area contributed by atoms with Crippen molar-refractivity contribution in [3.05, 3.63) is 52.9 Å². The third-order valence-corrected chi connectivity index (χ3v) is 8.03. The van der Waals surface area contributed by atoms with Gasteiger partial charge in [0.15, 0.2) is 0 Å². The van der Waals surface area contributed by atoms with Gasteiger partial charge in [0, 0.05) is 42.0 Å². The van der Waals surface area contributed by atoms with E-state index in [0.29, 0.717) is 23.0 Å². The Balaban J connectivity index is 1.24. The van der Waals surface area contributed by atoms with E-state index in [1.165, 1.54) is 17.7 Å². The number of imidazole rings is 1. The summed E-state index contributed by atoms with van der Waals surface area (Å²) in [5.74, 6) is 1.45. The lowest BCUT2D eigenvalue weighted by Gasteiger charge is -2.25. The summed E-state index contributed by atoms with van der Waals surface area (Å²) in [5, 5.41) is 10.5. The largest absolute Gasteiger partial charge is 0.352 e. The Bertz CT molecular complexity index is 1210. The number of thiophene rings is 1. The highest BCUT2D eigenvalue weighted by molar-refractivity contribution is 7.17. The smallest absolute Gasteiger partial charge is 0.254 e. The number of aromatic nitrogens is 3. The molecule has 2 amide bonds. The zero-order valence-corrected chi connectivity index (χ0v) is 19.7. The van der Waals surface area contributed by atoms with Crippen LogP contribution in [-0.2, 0) is 17.6 Å². The van der Waals surface area contributed by atoms with Gasteiger partial charge in [-0.1, -0.05) is 0 Å². The number of amides is 2. The summed E-state index contributed by atoms with van der Waals surface area (Å²) < 4.78 is 1.99. The summed E-state index contributed by atoms with van der Waals surface area (Å²) in [4.78, 5) is 35.7. The number of anilines is 2. The van der Waals surface area contributed by atoms with Gasteiger partial charge in [0.1, 0.15) is 5.00 Å². The lowest BCUT2D eigenvalue weighted by molar-refractivity contribution is -0.117. The van der Waals surface area contributed by atoms with Crippen LogP contribution in [0.5, 0.6) is 0 Å². The molecule has 3 N–H and O–H groups in total. The quantitative estimate of drug-likeness (QED) is 0.459. The lowest BCUT2D eigenvalue weighted by Crippen LogP contribution is -2.31. The molecule has 8 nitrogen and oxygen atoms in total. The fourth-order valence-corrected chi connectivity index (χ4v) is 5.78. The Morgan fingerprint density at radius 1 is 1.15 bits per heavy atom. The van der Waals surface area contributed by atoms with Gasteiger partial charge >= 0.3 is 0 Å². The minimum atomic E-state index is -0.0620. The molecule has 2 saturated carbocycles. The summed E-state index contributed by atoms with van der Waals surface area (Å²) in [6.45, 7) is 0.712. The first-order chi connectivity index (χ1) is 16.7. The van der Waals surface area contributed by atoms with Gasteiger partial charge in [0.05, 0.1) is 17.4 Å². The average molecular weight is 477 g/mol. The lowest BCUT2D eigenvalue weighted by atomic mass is 9.91. The topological polar surface area (TPSA) is 101 Å². The van der Waals surface area contributed by atoms with Crippen LogP contribution >= 0.6 is 11.3 Å². The maximum absolute atomic E-state index is 13.3. The number of carbonyl (C=O) groups is 2. The van der Waals surface area contributed by atoms with Crippen LogP contribution in [0.2, 0.25) is 0 Å². The number of hydrogen-bond donors (Lipinski definition) is 3. The van der Waals surface area contributed by atoms with Crippen LogP contribution in [0.25, 0.3) is 5.69 Å². The van der Waals surface area contributed by atoms with Crippen molar-refractivity contribution in [1.82, 2.24) is 19.9 Å². The molecule has 3 heterocycles. The Morgan fingerprint density at radius 2 is 2.03 bits per heavy atom. The number of pyridine rings is 1. The molecule has 0 bridgehead atoms. The van der Waals surface area contributed by atoms with E-state index < -0.39 is 0 Å². The maximum atomic E-state index is 13.3. The second-order valence-electron chi connectivity index (χ2n) is 9.54. The van der Waals surface area contributed by atoms with Crippen LogP contribution in [0.3, 0.4) is 0 Å². The Morgan fingerprint density at radius 3 is 2.79 bits per heavy atom. The summed E-state index contributed by atoms with van der Waals surface area (Å²) in [6.07, 6.45) is 14.0. The molecule has 0 spiro atoms. The van der Waals surface area contributed by atoms with Crippen molar-refractivity contribution >= 4 is 34.1 Å². The van der Waals surface area contributed by atoms with Crippen LogP contribution < -0.4 is 16.0 Å². The first-order valence-corrected chi connectivity index (χ1v) is 12.9. The molecule has 6 rings (SSSR count). The van der Waals surface area contributed by atoms with E-state index in [9.17, 15) is 9.59 Å². The predicted molar refractivity (Wildman–Crippen MR) is 132 cm³/mol. The molecule has 0 radical (unpaired) electrons. The molecule has 0 saturated heterocycles. The van der Waals surface area contributed by atoms with Crippen molar-refractivity contribution < 1.29 is 9.59 Å². The van der Waals surface area contributed by atoms with E-state index in [1.54, 1.807) is 23.7 Å². The fraction of sp³-hybridized carbons (Fsp3) is 0.440. The highest BCUT2D eigenvalue weighted by Crippen LogP contribution is 2.40. The molecule has 3 aliphatic rings. The Labute approximate surface area is 202 Å². The Hall–Kier alpha value is -3.20. The zero-order chi connectivity index (χ0) is 23.1. The number of nitrogens with zero attached hydrogens (tertiary/aromatic N) is 3. The summed E-state index contributed by atoms with van der Waals surface area (Å²) in [5.41, 5.74) is 2.67. The first-order valence-electron chi connectivity index (χ1n) is 12.1. The monoisotopic (exact) mass is 476 g/mol. The normalized spacial score (nSPS) is 19.4. The van der Waals surface area contributed by atoms with E-state index in [-0.39, 0.29) is 23.8 Å². The summed E-state index contributed by atoms with van der Waals surface area (Å²) >= 11 is 1.57. The average Bonchev–Trinajstić information content (AvgIpc) is 3.78. The second-order valence-corrected chi connectivity index (χ2v) is 10.6. The number of carbonyl (C=O) groups excluding carboxylic acids is 2. The van der Waals surface area contributed by atoms with Crippen LogP contribution in [0.15, 0.2) is 36.9 Å². The van der Waals surface area contributed by atoms with Crippen LogP contribution in [-0.4, -0.2) is 38.9 Å². The molecule has 9 heteroatoms. The third kappa shape index (κ3) is 4.44. The van der Waals surface area contributed by atoms with E-state index in [1.807, 2.05) is 29.1 Å². The molecule has 3 aromatic heterocycles. The predicted octanol–water partition coefficient (Wildman–Crippen LogP) is 3.79. The van der Waals surface area contributed by atoms with Gasteiger partial charge in [0.25, 0.3) is 5.91 Å². The molecule has 0 aliphatic heterocycles. The maximum Gasteiger partial charge on any atom is 0.254 e. The Kier molecular flexibility index (Phi) is 5.57. The molecule has 0 aromatic carbocycles. The third-order valence-electron chi connectivity index (χ3n) is 6.82. The van der Waals surface area contributed by atoms with Crippen LogP contribution in [0.4, 0.5) is 10.9 Å². The van der Waals surface area contributed by atoms with Crippen molar-refractivity contribution in [2.45, 2.75) is 51.0 Å². The second kappa shape index (κ2) is 8.87. The fourth-order valence-electron chi connectivity index (χ4n) is 4.54. The van der Waals surface area contributed by atoms with Crippen molar-refractivity contribution in [1.29, 1.82) is 0 Å². The standard InChI is InChI=1S/C25H28N6O2S/c32-22(16-5-6-16)30-24-21(23(33)28-13-15-3-4-15)19-12-17(7-8-20(19)34-24)29-25-27-10-11-31(25)18-2-1-9-26-14-18/h1-2,9-11,14-17H,3-8,12-13H2,(H,27,29)(H,28,33)(H,30,32)/t17-/m0/s1. The van der Waals surface area contributed by atoms with Gasteiger partial charge in [-0.15, -0.1) is 11.3 Å². The SMILES string of the molecule is O=C(NCC1CC1)c1c(NC(=O)C2CC2)sc2c1C[C@@H](Nc1nccn1-c1cccnc1)CC2. The minimum absolute atomic E-state index is 0.0445. The molecular formula is C25H28N6O2S. The van der Waals surface area contributed by atoms with Crippen LogP contribution in [0.1, 0.15) is 52.9 Å². The number of nitrogens with one attached hydrogen (secondary N) is 3. The van der Waals surface area contributed by atoms with Gasteiger partial charge in [-0.3, -0.25) is 19.1 Å². The highest BCUT2D eigenvalue weighted by Gasteiger charge is 2.34. The van der Waals surface area contributed by atoms with Crippen molar-refractivity contribution in [2.24, 2.45) is 11.8 Å². The summed E-state index contributed by atoms with van der Waals surface area (Å²) in [7, 11) is 0. The first kappa shape index (κ1) is 21.3. The molecule has 3 aliphatic carbocycles. The number of hydrogen-bond acceptors (Lipinski definition) is 6. The highest BCUT2D eigenvalue weighted by atomic mass is 32.1. The van der Waals surface area contributed by atoms with E-state index in [0.717, 1.165) is 49.3 Å². The molecule has 0 unspecified atom stereocenters. The van der Waals surface area contributed by atoms with Crippen molar-refractivity contribution in [2.75, 3.05) is 17.2 Å². The molecule has 3 aromatic rings. The minimum Gasteiger partial charge on any atom is -0.352 e. The van der Waals surface area contributed by atoms with Gasteiger partial charge in [-0.2, -0.15) is 0 Å². The number of aryl methyl sites for hydroxylation is 1. The van der Waals surface area contributed by atoms with E-state index in [2.05, 4.69) is 25.9 Å². The van der Waals surface area contributed by atoms with Crippen molar-refractivity contribution in [3.63, 3.8) is 0 Å². The molecule has 1 atom stereocenters. The van der Waals surface area contributed by atoms with E-state index in [4.69, 9.17) is 0 Å². The molecule has 34 heavy (non-hydrogen) atoms. The van der Waals surface area contributed by atoms with Crippen molar-refractivity contribution in [3.8, 4) is 5.69 Å². The number of fused-ring (bicyclic) bond motifs is 1. The molecule has 176 valence electrons. The zero-order valence-electron chi connectivity index (χ0n) is 18.9. The van der Waals surface area contributed by atoms with Gasteiger partial charge in [0.2, 0.25) is 11.9 Å². The van der Waals surface area contributed by atoms with Gasteiger partial charge in [-0.25, -0.2) is 4.98 Å². The number of rotatable bonds is 8.